The Labute approximate surface area is 92.1 Å². The topological polar surface area (TPSA) is 23.5 Å². The zero-order valence-electron chi connectivity index (χ0n) is 9.41. The highest BCUT2D eigenvalue weighted by atomic mass is 32.2. The molecule has 14 heavy (non-hydrogen) atoms. The summed E-state index contributed by atoms with van der Waals surface area (Å²) in [7, 11) is 2.19. The van der Waals surface area contributed by atoms with Crippen LogP contribution in [0.5, 0.6) is 0 Å². The first-order chi connectivity index (χ1) is 6.77. The van der Waals surface area contributed by atoms with Crippen molar-refractivity contribution in [3.8, 4) is 0 Å². The molecule has 1 aliphatic rings. The Morgan fingerprint density at radius 1 is 1.43 bits per heavy atom. The van der Waals surface area contributed by atoms with E-state index in [-0.39, 0.29) is 0 Å². The predicted molar refractivity (Wildman–Crippen MR) is 63.9 cm³/mol. The Bertz CT molecular complexity index is 154. The van der Waals surface area contributed by atoms with Gasteiger partial charge in [0.05, 0.1) is 0 Å². The summed E-state index contributed by atoms with van der Waals surface area (Å²) in [6, 6.07) is 0.769. The Balaban J connectivity index is 2.19. The van der Waals surface area contributed by atoms with Gasteiger partial charge in [-0.15, -0.1) is 0 Å². The molecule has 0 spiro atoms. The quantitative estimate of drug-likeness (QED) is 0.736. The summed E-state index contributed by atoms with van der Waals surface area (Å²) in [5, 5.41) is 9.65. The van der Waals surface area contributed by atoms with Crippen LogP contribution in [0.15, 0.2) is 0 Å². The second kappa shape index (κ2) is 6.70. The molecule has 0 bridgehead atoms. The van der Waals surface area contributed by atoms with Crippen LogP contribution in [-0.2, 0) is 0 Å². The van der Waals surface area contributed by atoms with Gasteiger partial charge < -0.3 is 10.0 Å². The molecule has 0 saturated heterocycles. The Morgan fingerprint density at radius 3 is 2.86 bits per heavy atom. The highest BCUT2D eigenvalue weighted by Gasteiger charge is 2.26. The van der Waals surface area contributed by atoms with Crippen molar-refractivity contribution in [2.45, 2.75) is 43.9 Å². The third kappa shape index (κ3) is 3.79. The highest BCUT2D eigenvalue weighted by molar-refractivity contribution is 7.99. The summed E-state index contributed by atoms with van der Waals surface area (Å²) >= 11 is 2.11. The van der Waals surface area contributed by atoms with Crippen LogP contribution >= 0.6 is 11.8 Å². The molecule has 1 saturated carbocycles. The van der Waals surface area contributed by atoms with E-state index in [0.717, 1.165) is 24.3 Å². The van der Waals surface area contributed by atoms with Crippen LogP contribution in [0.25, 0.3) is 0 Å². The molecule has 3 heteroatoms. The molecule has 0 aromatic heterocycles. The molecule has 2 unspecified atom stereocenters. The molecule has 1 aliphatic carbocycles. The van der Waals surface area contributed by atoms with E-state index in [2.05, 4.69) is 30.6 Å². The minimum Gasteiger partial charge on any atom is -0.396 e. The van der Waals surface area contributed by atoms with Crippen molar-refractivity contribution >= 4 is 11.8 Å². The summed E-state index contributed by atoms with van der Waals surface area (Å²) in [6.07, 6.45) is 4.99. The van der Waals surface area contributed by atoms with Crippen LogP contribution in [0.3, 0.4) is 0 Å². The number of hydrogen-bond donors (Lipinski definition) is 1. The van der Waals surface area contributed by atoms with Gasteiger partial charge in [0, 0.05) is 24.4 Å². The molecule has 2 nitrogen and oxygen atoms in total. The summed E-state index contributed by atoms with van der Waals surface area (Å²) in [5.74, 6) is 1.25. The van der Waals surface area contributed by atoms with Gasteiger partial charge in [-0.05, 0) is 38.5 Å². The van der Waals surface area contributed by atoms with Crippen LogP contribution in [-0.4, -0.2) is 47.3 Å². The van der Waals surface area contributed by atoms with E-state index in [1.165, 1.54) is 25.0 Å². The fourth-order valence-electron chi connectivity index (χ4n) is 2.21. The molecule has 1 rings (SSSR count). The minimum atomic E-state index is 0.324. The van der Waals surface area contributed by atoms with Crippen LogP contribution in [0.2, 0.25) is 0 Å². The van der Waals surface area contributed by atoms with Crippen molar-refractivity contribution in [1.82, 2.24) is 4.90 Å². The lowest BCUT2D eigenvalue weighted by Crippen LogP contribution is -2.31. The second-order valence-electron chi connectivity index (χ2n) is 4.10. The molecule has 1 fully saturated rings. The maximum atomic E-state index is 8.76. The summed E-state index contributed by atoms with van der Waals surface area (Å²) < 4.78 is 0. The molecule has 1 N–H and O–H groups in total. The lowest BCUT2D eigenvalue weighted by molar-refractivity contribution is 0.208. The third-order valence-electron chi connectivity index (χ3n) is 3.05. The van der Waals surface area contributed by atoms with Crippen molar-refractivity contribution in [3.63, 3.8) is 0 Å². The number of hydrogen-bond acceptors (Lipinski definition) is 3. The molecular weight excluding hydrogens is 194 g/mol. The second-order valence-corrected chi connectivity index (χ2v) is 5.68. The zero-order chi connectivity index (χ0) is 10.4. The van der Waals surface area contributed by atoms with Crippen molar-refractivity contribution in [3.05, 3.63) is 0 Å². The normalized spacial score (nSPS) is 27.4. The average molecular weight is 217 g/mol. The van der Waals surface area contributed by atoms with Gasteiger partial charge in [-0.25, -0.2) is 0 Å². The summed E-state index contributed by atoms with van der Waals surface area (Å²) in [4.78, 5) is 2.42. The number of thioether (sulfide) groups is 1. The molecule has 0 heterocycles. The van der Waals surface area contributed by atoms with Crippen LogP contribution in [0.1, 0.15) is 32.6 Å². The largest absolute Gasteiger partial charge is 0.396 e. The van der Waals surface area contributed by atoms with Gasteiger partial charge in [0.1, 0.15) is 0 Å². The lowest BCUT2D eigenvalue weighted by Gasteiger charge is -2.23. The molecule has 2 atom stereocenters. The Kier molecular flexibility index (Phi) is 5.90. The molecule has 0 radical (unpaired) electrons. The summed E-state index contributed by atoms with van der Waals surface area (Å²) in [6.45, 7) is 3.61. The summed E-state index contributed by atoms with van der Waals surface area (Å²) in [5.41, 5.74) is 0. The van der Waals surface area contributed by atoms with E-state index in [1.807, 2.05) is 0 Å². The maximum absolute atomic E-state index is 8.76. The SMILES string of the molecule is CCSC1CCC(N(C)CCCO)C1. The highest BCUT2D eigenvalue weighted by Crippen LogP contribution is 2.32. The van der Waals surface area contributed by atoms with Gasteiger partial charge >= 0.3 is 0 Å². The Hall–Kier alpha value is 0.270. The van der Waals surface area contributed by atoms with Crippen molar-refractivity contribution < 1.29 is 5.11 Å². The van der Waals surface area contributed by atoms with E-state index in [9.17, 15) is 0 Å². The van der Waals surface area contributed by atoms with Crippen LogP contribution in [0.4, 0.5) is 0 Å². The smallest absolute Gasteiger partial charge is 0.0443 e. The minimum absolute atomic E-state index is 0.324. The first-order valence-corrected chi connectivity index (χ1v) is 6.75. The lowest BCUT2D eigenvalue weighted by atomic mass is 10.2. The number of nitrogens with zero attached hydrogens (tertiary/aromatic N) is 1. The molecule has 0 aromatic carbocycles. The van der Waals surface area contributed by atoms with Gasteiger partial charge in [-0.1, -0.05) is 6.92 Å². The first kappa shape index (κ1) is 12.3. The molecule has 0 aromatic rings. The zero-order valence-corrected chi connectivity index (χ0v) is 10.2. The fourth-order valence-corrected chi connectivity index (χ4v) is 3.34. The Morgan fingerprint density at radius 2 is 2.21 bits per heavy atom. The van der Waals surface area contributed by atoms with Gasteiger partial charge in [0.2, 0.25) is 0 Å². The van der Waals surface area contributed by atoms with E-state index in [0.29, 0.717) is 6.61 Å². The number of aliphatic hydroxyl groups excluding tert-OH is 1. The first-order valence-electron chi connectivity index (χ1n) is 5.70. The molecule has 0 amide bonds. The number of aliphatic hydroxyl groups is 1. The predicted octanol–water partition coefficient (Wildman–Crippen LogP) is 1.97. The average Bonchev–Trinajstić information content (AvgIpc) is 2.63. The third-order valence-corrected chi connectivity index (χ3v) is 4.28. The molecule has 84 valence electrons. The van der Waals surface area contributed by atoms with Crippen LogP contribution in [0, 0.1) is 0 Å². The molecule has 0 aliphatic heterocycles. The van der Waals surface area contributed by atoms with Crippen molar-refractivity contribution in [2.24, 2.45) is 0 Å². The van der Waals surface area contributed by atoms with E-state index < -0.39 is 0 Å². The van der Waals surface area contributed by atoms with E-state index in [4.69, 9.17) is 5.11 Å². The van der Waals surface area contributed by atoms with Gasteiger partial charge in [-0.3, -0.25) is 0 Å². The standard InChI is InChI=1S/C11H23NOS/c1-3-14-11-6-5-10(9-11)12(2)7-4-8-13/h10-11,13H,3-9H2,1-2H3. The van der Waals surface area contributed by atoms with E-state index in [1.54, 1.807) is 0 Å². The molecular formula is C11H23NOS. The van der Waals surface area contributed by atoms with Gasteiger partial charge in [-0.2, -0.15) is 11.8 Å². The maximum Gasteiger partial charge on any atom is 0.0443 e. The number of rotatable bonds is 6. The fraction of sp³-hybridized carbons (Fsp3) is 1.00. The van der Waals surface area contributed by atoms with Crippen molar-refractivity contribution in [1.29, 1.82) is 0 Å². The van der Waals surface area contributed by atoms with E-state index >= 15 is 0 Å². The van der Waals surface area contributed by atoms with Gasteiger partial charge in [0.25, 0.3) is 0 Å². The van der Waals surface area contributed by atoms with Gasteiger partial charge in [0.15, 0.2) is 0 Å². The monoisotopic (exact) mass is 217 g/mol. The van der Waals surface area contributed by atoms with Crippen molar-refractivity contribution in [2.75, 3.05) is 26.0 Å². The van der Waals surface area contributed by atoms with Crippen LogP contribution < -0.4 is 0 Å².